The van der Waals surface area contributed by atoms with Crippen molar-refractivity contribution in [2.75, 3.05) is 21.3 Å². The van der Waals surface area contributed by atoms with Crippen molar-refractivity contribution in [1.82, 2.24) is 0 Å². The summed E-state index contributed by atoms with van der Waals surface area (Å²) in [6.45, 7) is 0. The first-order chi connectivity index (χ1) is 15.5. The van der Waals surface area contributed by atoms with Gasteiger partial charge in [0, 0.05) is 15.6 Å². The number of allylic oxidation sites excluding steroid dienone is 1. The van der Waals surface area contributed by atoms with Crippen molar-refractivity contribution in [3.8, 4) is 23.0 Å². The van der Waals surface area contributed by atoms with Gasteiger partial charge in [0.25, 0.3) is 0 Å². The van der Waals surface area contributed by atoms with E-state index in [9.17, 15) is 9.59 Å². The molecule has 0 aliphatic rings. The van der Waals surface area contributed by atoms with Gasteiger partial charge in [0.2, 0.25) is 5.75 Å². The molecule has 0 bridgehead atoms. The number of carbonyl (C=O) groups is 2. The molecule has 32 heavy (non-hydrogen) atoms. The van der Waals surface area contributed by atoms with E-state index in [4.69, 9.17) is 18.9 Å². The minimum atomic E-state index is -0.607. The van der Waals surface area contributed by atoms with Gasteiger partial charge in [0.15, 0.2) is 17.3 Å². The Kier molecular flexibility index (Phi) is 7.68. The summed E-state index contributed by atoms with van der Waals surface area (Å²) in [6.07, 6.45) is 3.05. The summed E-state index contributed by atoms with van der Waals surface area (Å²) in [7, 11) is 4.42. The molecule has 0 saturated heterocycles. The molecule has 0 heterocycles. The number of ketones is 1. The number of ether oxygens (including phenoxy) is 4. The van der Waals surface area contributed by atoms with Gasteiger partial charge in [-0.3, -0.25) is 4.79 Å². The van der Waals surface area contributed by atoms with Crippen LogP contribution in [0, 0.1) is 0 Å². The zero-order valence-electron chi connectivity index (χ0n) is 17.8. The lowest BCUT2D eigenvalue weighted by Crippen LogP contribution is -2.10. The van der Waals surface area contributed by atoms with Gasteiger partial charge in [-0.05, 0) is 54.6 Å². The Bertz CT molecular complexity index is 1130. The number of halogens is 1. The van der Waals surface area contributed by atoms with E-state index in [1.165, 1.54) is 39.5 Å². The molecule has 3 aromatic rings. The van der Waals surface area contributed by atoms with E-state index in [0.717, 1.165) is 4.47 Å². The summed E-state index contributed by atoms with van der Waals surface area (Å²) in [6, 6.07) is 17.0. The van der Waals surface area contributed by atoms with Crippen molar-refractivity contribution in [2.24, 2.45) is 0 Å². The van der Waals surface area contributed by atoms with Crippen LogP contribution in [0.2, 0.25) is 0 Å². The molecule has 0 aliphatic carbocycles. The lowest BCUT2D eigenvalue weighted by molar-refractivity contribution is 0.0733. The average molecular weight is 497 g/mol. The third-order valence-electron chi connectivity index (χ3n) is 4.57. The number of benzene rings is 3. The summed E-state index contributed by atoms with van der Waals surface area (Å²) >= 11 is 3.35. The van der Waals surface area contributed by atoms with E-state index >= 15 is 0 Å². The SMILES string of the molecule is COc1cc(C(=O)Oc2ccccc2/C=C/C(=O)c2ccc(Br)cc2)cc(OC)c1OC. The molecule has 0 saturated carbocycles. The molecule has 0 atom stereocenters. The first-order valence-electron chi connectivity index (χ1n) is 9.56. The maximum Gasteiger partial charge on any atom is 0.343 e. The monoisotopic (exact) mass is 496 g/mol. The molecule has 3 rings (SSSR count). The minimum Gasteiger partial charge on any atom is -0.493 e. The van der Waals surface area contributed by atoms with E-state index in [2.05, 4.69) is 15.9 Å². The predicted octanol–water partition coefficient (Wildman–Crippen LogP) is 5.59. The normalized spacial score (nSPS) is 10.6. The van der Waals surface area contributed by atoms with Crippen molar-refractivity contribution in [3.63, 3.8) is 0 Å². The Hall–Kier alpha value is -3.58. The highest BCUT2D eigenvalue weighted by Crippen LogP contribution is 2.38. The van der Waals surface area contributed by atoms with Gasteiger partial charge in [0.05, 0.1) is 26.9 Å². The number of rotatable bonds is 8. The van der Waals surface area contributed by atoms with Crippen LogP contribution in [0.4, 0.5) is 0 Å². The molecule has 0 unspecified atom stereocenters. The van der Waals surface area contributed by atoms with Crippen LogP contribution in [0.1, 0.15) is 26.3 Å². The highest BCUT2D eigenvalue weighted by Gasteiger charge is 2.19. The molecule has 0 fully saturated rings. The fourth-order valence-electron chi connectivity index (χ4n) is 2.94. The smallest absolute Gasteiger partial charge is 0.343 e. The summed E-state index contributed by atoms with van der Waals surface area (Å²) < 4.78 is 22.4. The van der Waals surface area contributed by atoms with Crippen LogP contribution >= 0.6 is 15.9 Å². The van der Waals surface area contributed by atoms with Crippen molar-refractivity contribution in [3.05, 3.63) is 87.9 Å². The second kappa shape index (κ2) is 10.6. The van der Waals surface area contributed by atoms with Crippen molar-refractivity contribution >= 4 is 33.8 Å². The van der Waals surface area contributed by atoms with Gasteiger partial charge in [-0.15, -0.1) is 0 Å². The molecule has 0 amide bonds. The molecular formula is C25H21BrO6. The highest BCUT2D eigenvalue weighted by molar-refractivity contribution is 9.10. The Labute approximate surface area is 194 Å². The Morgan fingerprint density at radius 3 is 2.00 bits per heavy atom. The van der Waals surface area contributed by atoms with Gasteiger partial charge in [-0.2, -0.15) is 0 Å². The largest absolute Gasteiger partial charge is 0.493 e. The fourth-order valence-corrected chi connectivity index (χ4v) is 3.21. The van der Waals surface area contributed by atoms with Crippen LogP contribution < -0.4 is 18.9 Å². The Morgan fingerprint density at radius 2 is 1.41 bits per heavy atom. The molecule has 0 radical (unpaired) electrons. The van der Waals surface area contributed by atoms with Crippen LogP contribution in [0.5, 0.6) is 23.0 Å². The second-order valence-corrected chi connectivity index (χ2v) is 7.46. The average Bonchev–Trinajstić information content (AvgIpc) is 2.82. The van der Waals surface area contributed by atoms with Gasteiger partial charge >= 0.3 is 5.97 Å². The number of esters is 1. The first-order valence-corrected chi connectivity index (χ1v) is 10.3. The summed E-state index contributed by atoms with van der Waals surface area (Å²) in [4.78, 5) is 25.3. The quantitative estimate of drug-likeness (QED) is 0.175. The lowest BCUT2D eigenvalue weighted by atomic mass is 10.1. The highest BCUT2D eigenvalue weighted by atomic mass is 79.9. The van der Waals surface area contributed by atoms with Crippen molar-refractivity contribution in [1.29, 1.82) is 0 Å². The first kappa shape index (κ1) is 23.1. The third-order valence-corrected chi connectivity index (χ3v) is 5.09. The molecule has 0 aliphatic heterocycles. The molecule has 0 aromatic heterocycles. The van der Waals surface area contributed by atoms with E-state index in [1.54, 1.807) is 54.6 Å². The standard InChI is InChI=1S/C25H21BrO6/c1-29-22-14-18(15-23(30-2)24(22)31-3)25(28)32-21-7-5-4-6-17(21)10-13-20(27)16-8-11-19(26)12-9-16/h4-15H,1-3H3/b13-10+. The van der Waals surface area contributed by atoms with Crippen LogP contribution in [0.25, 0.3) is 6.08 Å². The van der Waals surface area contributed by atoms with E-state index in [0.29, 0.717) is 34.1 Å². The van der Waals surface area contributed by atoms with Crippen molar-refractivity contribution < 1.29 is 28.5 Å². The zero-order chi connectivity index (χ0) is 23.1. The van der Waals surface area contributed by atoms with Crippen LogP contribution in [0.15, 0.2) is 71.2 Å². The molecule has 7 heteroatoms. The molecule has 3 aromatic carbocycles. The van der Waals surface area contributed by atoms with Crippen molar-refractivity contribution in [2.45, 2.75) is 0 Å². The van der Waals surface area contributed by atoms with Gasteiger partial charge in [0.1, 0.15) is 5.75 Å². The molecule has 0 spiro atoms. The Morgan fingerprint density at radius 1 is 0.781 bits per heavy atom. The van der Waals surface area contributed by atoms with Crippen LogP contribution in [-0.2, 0) is 0 Å². The molecule has 164 valence electrons. The number of carbonyl (C=O) groups excluding carboxylic acids is 2. The van der Waals surface area contributed by atoms with E-state index < -0.39 is 5.97 Å². The molecule has 6 nitrogen and oxygen atoms in total. The zero-order valence-corrected chi connectivity index (χ0v) is 19.3. The van der Waals surface area contributed by atoms with Gasteiger partial charge in [-0.25, -0.2) is 4.79 Å². The topological polar surface area (TPSA) is 71.1 Å². The van der Waals surface area contributed by atoms with Gasteiger partial charge in [-0.1, -0.05) is 34.1 Å². The number of hydrogen-bond acceptors (Lipinski definition) is 6. The molecule has 0 N–H and O–H groups in total. The number of hydrogen-bond donors (Lipinski definition) is 0. The summed E-state index contributed by atoms with van der Waals surface area (Å²) in [5.41, 5.74) is 1.36. The summed E-state index contributed by atoms with van der Waals surface area (Å²) in [5, 5.41) is 0. The Balaban J connectivity index is 1.84. The third kappa shape index (κ3) is 5.36. The molecular weight excluding hydrogens is 476 g/mol. The van der Waals surface area contributed by atoms with Crippen LogP contribution in [0.3, 0.4) is 0 Å². The maximum absolute atomic E-state index is 12.8. The maximum atomic E-state index is 12.8. The summed E-state index contributed by atoms with van der Waals surface area (Å²) in [5.74, 6) is 0.596. The second-order valence-electron chi connectivity index (χ2n) is 6.55. The lowest BCUT2D eigenvalue weighted by Gasteiger charge is -2.14. The predicted molar refractivity (Wildman–Crippen MR) is 125 cm³/mol. The number of methoxy groups -OCH3 is 3. The van der Waals surface area contributed by atoms with E-state index in [-0.39, 0.29) is 11.3 Å². The van der Waals surface area contributed by atoms with Crippen LogP contribution in [-0.4, -0.2) is 33.1 Å². The van der Waals surface area contributed by atoms with E-state index in [1.807, 2.05) is 0 Å². The fraction of sp³-hybridized carbons (Fsp3) is 0.120. The number of para-hydroxylation sites is 1. The van der Waals surface area contributed by atoms with Gasteiger partial charge < -0.3 is 18.9 Å². The minimum absolute atomic E-state index is 0.164.